The van der Waals surface area contributed by atoms with Gasteiger partial charge in [-0.1, -0.05) is 13.3 Å². The van der Waals surface area contributed by atoms with Gasteiger partial charge in [0, 0.05) is 31.9 Å². The molecule has 6 nitrogen and oxygen atoms in total. The van der Waals surface area contributed by atoms with Gasteiger partial charge in [0.05, 0.1) is 17.4 Å². The van der Waals surface area contributed by atoms with Gasteiger partial charge in [0.15, 0.2) is 0 Å². The van der Waals surface area contributed by atoms with Crippen molar-refractivity contribution in [3.05, 3.63) is 29.1 Å². The van der Waals surface area contributed by atoms with Crippen LogP contribution in [0.15, 0.2) is 12.3 Å². The number of carbonyl (C=O) groups excluding carboxylic acids is 1. The molecule has 1 amide bonds. The number of nitrogens with one attached hydrogen (secondary N) is 1. The highest BCUT2D eigenvalue weighted by molar-refractivity contribution is 5.93. The second kappa shape index (κ2) is 7.38. The van der Waals surface area contributed by atoms with Gasteiger partial charge in [-0.2, -0.15) is 0 Å². The van der Waals surface area contributed by atoms with Crippen LogP contribution in [0.1, 0.15) is 54.2 Å². The van der Waals surface area contributed by atoms with Crippen LogP contribution in [0.25, 0.3) is 0 Å². The van der Waals surface area contributed by atoms with E-state index in [-0.39, 0.29) is 0 Å². The normalized spacial score (nSPS) is 25.0. The van der Waals surface area contributed by atoms with E-state index in [9.17, 15) is 4.79 Å². The topological polar surface area (TPSA) is 74.7 Å². The molecular weight excluding hydrogens is 294 g/mol. The lowest BCUT2D eigenvalue weighted by atomic mass is 9.95. The van der Waals surface area contributed by atoms with Gasteiger partial charge in [0.2, 0.25) is 0 Å². The molecule has 2 unspecified atom stereocenters. The first kappa shape index (κ1) is 16.4. The van der Waals surface area contributed by atoms with Crippen molar-refractivity contribution >= 4 is 5.91 Å². The number of hydrogen-bond donors (Lipinski definition) is 2. The molecule has 126 valence electrons. The van der Waals surface area contributed by atoms with E-state index in [1.54, 1.807) is 5.48 Å². The maximum absolute atomic E-state index is 11.5. The van der Waals surface area contributed by atoms with E-state index in [2.05, 4.69) is 16.8 Å². The number of amides is 1. The standard InChI is InChI=1S/C17H25N3O3/c1-2-3-15-9-14(5-7-23-15)20-6-4-12-8-13(17(21)19-22)10-18-16(12)11-20/h8,10,14-15,22H,2-7,9,11H2,1H3,(H,19,21). The molecule has 0 aromatic carbocycles. The Kier molecular flexibility index (Phi) is 5.25. The maximum Gasteiger partial charge on any atom is 0.276 e. The van der Waals surface area contributed by atoms with Crippen molar-refractivity contribution in [2.24, 2.45) is 0 Å². The molecule has 2 aliphatic heterocycles. The van der Waals surface area contributed by atoms with Gasteiger partial charge in [-0.25, -0.2) is 5.48 Å². The first-order valence-corrected chi connectivity index (χ1v) is 8.49. The van der Waals surface area contributed by atoms with E-state index in [0.717, 1.165) is 63.1 Å². The summed E-state index contributed by atoms with van der Waals surface area (Å²) in [6.45, 7) is 4.87. The Morgan fingerprint density at radius 2 is 2.43 bits per heavy atom. The third-order valence-corrected chi connectivity index (χ3v) is 4.91. The first-order valence-electron chi connectivity index (χ1n) is 8.49. The molecule has 2 aliphatic rings. The summed E-state index contributed by atoms with van der Waals surface area (Å²) >= 11 is 0. The van der Waals surface area contributed by atoms with Crippen LogP contribution in [0.3, 0.4) is 0 Å². The van der Waals surface area contributed by atoms with Crippen molar-refractivity contribution in [3.63, 3.8) is 0 Å². The summed E-state index contributed by atoms with van der Waals surface area (Å²) in [7, 11) is 0. The smallest absolute Gasteiger partial charge is 0.276 e. The van der Waals surface area contributed by atoms with E-state index in [1.807, 2.05) is 6.07 Å². The minimum Gasteiger partial charge on any atom is -0.378 e. The van der Waals surface area contributed by atoms with Crippen LogP contribution in [-0.2, 0) is 17.7 Å². The van der Waals surface area contributed by atoms with Crippen molar-refractivity contribution in [3.8, 4) is 0 Å². The van der Waals surface area contributed by atoms with Crippen molar-refractivity contribution < 1.29 is 14.7 Å². The number of nitrogens with zero attached hydrogens (tertiary/aromatic N) is 2. The van der Waals surface area contributed by atoms with Crippen LogP contribution in [0.5, 0.6) is 0 Å². The van der Waals surface area contributed by atoms with Gasteiger partial charge >= 0.3 is 0 Å². The molecule has 0 radical (unpaired) electrons. The lowest BCUT2D eigenvalue weighted by Crippen LogP contribution is -2.45. The molecule has 23 heavy (non-hydrogen) atoms. The number of rotatable bonds is 4. The van der Waals surface area contributed by atoms with E-state index in [4.69, 9.17) is 9.94 Å². The molecule has 6 heteroatoms. The van der Waals surface area contributed by atoms with Crippen LogP contribution in [-0.4, -0.2) is 46.3 Å². The predicted octanol–water partition coefficient (Wildman–Crippen LogP) is 1.91. The zero-order valence-electron chi connectivity index (χ0n) is 13.6. The fourth-order valence-electron chi connectivity index (χ4n) is 3.65. The van der Waals surface area contributed by atoms with E-state index in [1.165, 1.54) is 6.20 Å². The zero-order valence-corrected chi connectivity index (χ0v) is 13.6. The fraction of sp³-hybridized carbons (Fsp3) is 0.647. The quantitative estimate of drug-likeness (QED) is 0.655. The number of hydroxylamine groups is 1. The monoisotopic (exact) mass is 319 g/mol. The summed E-state index contributed by atoms with van der Waals surface area (Å²) in [4.78, 5) is 18.4. The number of fused-ring (bicyclic) bond motifs is 1. The van der Waals surface area contributed by atoms with E-state index < -0.39 is 5.91 Å². The highest BCUT2D eigenvalue weighted by atomic mass is 16.5. The van der Waals surface area contributed by atoms with Crippen LogP contribution >= 0.6 is 0 Å². The van der Waals surface area contributed by atoms with Gasteiger partial charge in [-0.3, -0.25) is 19.9 Å². The first-order chi connectivity index (χ1) is 11.2. The highest BCUT2D eigenvalue weighted by Gasteiger charge is 2.29. The number of hydrogen-bond acceptors (Lipinski definition) is 5. The van der Waals surface area contributed by atoms with Gasteiger partial charge in [0.25, 0.3) is 5.91 Å². The van der Waals surface area contributed by atoms with E-state index in [0.29, 0.717) is 17.7 Å². The third-order valence-electron chi connectivity index (χ3n) is 4.91. The van der Waals surface area contributed by atoms with Crippen molar-refractivity contribution in [2.45, 2.75) is 57.7 Å². The molecule has 1 saturated heterocycles. The largest absolute Gasteiger partial charge is 0.378 e. The Labute approximate surface area is 136 Å². The molecule has 3 heterocycles. The highest BCUT2D eigenvalue weighted by Crippen LogP contribution is 2.27. The Morgan fingerprint density at radius 3 is 3.22 bits per heavy atom. The maximum atomic E-state index is 11.5. The minimum atomic E-state index is -0.505. The van der Waals surface area contributed by atoms with Crippen LogP contribution in [0.2, 0.25) is 0 Å². The molecule has 2 N–H and O–H groups in total. The molecule has 0 spiro atoms. The number of pyridine rings is 1. The second-order valence-corrected chi connectivity index (χ2v) is 6.45. The average molecular weight is 319 g/mol. The van der Waals surface area contributed by atoms with Crippen LogP contribution in [0.4, 0.5) is 0 Å². The van der Waals surface area contributed by atoms with Crippen molar-refractivity contribution in [1.29, 1.82) is 0 Å². The second-order valence-electron chi connectivity index (χ2n) is 6.45. The molecule has 0 bridgehead atoms. The Morgan fingerprint density at radius 1 is 1.57 bits per heavy atom. The summed E-state index contributed by atoms with van der Waals surface area (Å²) in [6.07, 6.45) is 7.32. The number of carbonyl (C=O) groups is 1. The van der Waals surface area contributed by atoms with Gasteiger partial charge in [0.1, 0.15) is 0 Å². The number of ether oxygens (including phenoxy) is 1. The minimum absolute atomic E-state index is 0.392. The van der Waals surface area contributed by atoms with Crippen LogP contribution < -0.4 is 5.48 Å². The third kappa shape index (κ3) is 3.71. The Balaban J connectivity index is 1.67. The zero-order chi connectivity index (χ0) is 16.2. The Hall–Kier alpha value is -1.50. The molecule has 0 saturated carbocycles. The molecular formula is C17H25N3O3. The van der Waals surface area contributed by atoms with Crippen molar-refractivity contribution in [2.75, 3.05) is 13.2 Å². The van der Waals surface area contributed by atoms with Crippen molar-refractivity contribution in [1.82, 2.24) is 15.4 Å². The molecule has 3 rings (SSSR count). The summed E-state index contributed by atoms with van der Waals surface area (Å²) < 4.78 is 5.85. The Bertz CT molecular complexity index is 562. The molecule has 1 aromatic rings. The number of aromatic nitrogens is 1. The van der Waals surface area contributed by atoms with E-state index >= 15 is 0 Å². The summed E-state index contributed by atoms with van der Waals surface area (Å²) in [5.41, 5.74) is 4.23. The average Bonchev–Trinajstić information content (AvgIpc) is 2.60. The molecule has 1 fully saturated rings. The SMILES string of the molecule is CCCC1CC(N2CCc3cc(C(=O)NO)cnc3C2)CCO1. The fourth-order valence-corrected chi connectivity index (χ4v) is 3.65. The predicted molar refractivity (Wildman–Crippen MR) is 85.3 cm³/mol. The summed E-state index contributed by atoms with van der Waals surface area (Å²) in [5.74, 6) is -0.505. The molecule has 1 aromatic heterocycles. The summed E-state index contributed by atoms with van der Waals surface area (Å²) in [6, 6.07) is 2.41. The summed E-state index contributed by atoms with van der Waals surface area (Å²) in [5, 5.41) is 8.73. The lowest BCUT2D eigenvalue weighted by Gasteiger charge is -2.39. The van der Waals surface area contributed by atoms with Gasteiger partial charge < -0.3 is 4.74 Å². The lowest BCUT2D eigenvalue weighted by molar-refractivity contribution is -0.0339. The van der Waals surface area contributed by atoms with Crippen LogP contribution in [0, 0.1) is 0 Å². The molecule has 0 aliphatic carbocycles. The van der Waals surface area contributed by atoms with Gasteiger partial charge in [-0.05, 0) is 37.3 Å². The van der Waals surface area contributed by atoms with Gasteiger partial charge in [-0.15, -0.1) is 0 Å². The molecule has 2 atom stereocenters.